The number of anilines is 1. The highest BCUT2D eigenvalue weighted by Gasteiger charge is 2.45. The molecule has 0 amide bonds. The third-order valence-electron chi connectivity index (χ3n) is 5.18. The van der Waals surface area contributed by atoms with Gasteiger partial charge in [0.15, 0.2) is 5.69 Å². The van der Waals surface area contributed by atoms with Crippen LogP contribution in [0.25, 0.3) is 10.6 Å². The van der Waals surface area contributed by atoms with Gasteiger partial charge in [0.2, 0.25) is 5.11 Å². The molecule has 2 unspecified atom stereocenters. The zero-order valence-corrected chi connectivity index (χ0v) is 18.8. The van der Waals surface area contributed by atoms with E-state index in [-0.39, 0.29) is 10.8 Å². The number of ether oxygens (including phenoxy) is 2. The number of benzene rings is 1. The lowest BCUT2D eigenvalue weighted by molar-refractivity contribution is -0.00744. The van der Waals surface area contributed by atoms with Gasteiger partial charge < -0.3 is 15.2 Å². The van der Waals surface area contributed by atoms with Crippen molar-refractivity contribution in [1.29, 1.82) is 0 Å². The summed E-state index contributed by atoms with van der Waals surface area (Å²) in [6.07, 6.45) is 5.07. The van der Waals surface area contributed by atoms with Gasteiger partial charge in [-0.2, -0.15) is 0 Å². The van der Waals surface area contributed by atoms with Crippen molar-refractivity contribution in [3.05, 3.63) is 75.4 Å². The van der Waals surface area contributed by atoms with E-state index in [1.807, 2.05) is 0 Å². The largest absolute Gasteiger partial charge is 0.497 e. The molecule has 2 atom stereocenters. The molecule has 2 N–H and O–H groups in total. The normalized spacial score (nSPS) is 20.6. The smallest absolute Gasteiger partial charge is 0.280 e. The van der Waals surface area contributed by atoms with Crippen molar-refractivity contribution in [2.24, 2.45) is 5.73 Å². The van der Waals surface area contributed by atoms with E-state index < -0.39 is 28.1 Å². The highest BCUT2D eigenvalue weighted by atomic mass is 32.9. The van der Waals surface area contributed by atoms with E-state index in [2.05, 4.69) is 0 Å². The van der Waals surface area contributed by atoms with E-state index in [1.165, 1.54) is 51.6 Å². The molecule has 0 saturated carbocycles. The second-order valence-electron chi connectivity index (χ2n) is 6.72. The van der Waals surface area contributed by atoms with Gasteiger partial charge in [0, 0.05) is 12.5 Å². The molecule has 6 nitrogen and oxygen atoms in total. The lowest BCUT2D eigenvalue weighted by Crippen LogP contribution is -2.42. The predicted octanol–water partition coefficient (Wildman–Crippen LogP) is 4.33. The van der Waals surface area contributed by atoms with Gasteiger partial charge in [-0.1, -0.05) is 43.4 Å². The van der Waals surface area contributed by atoms with Gasteiger partial charge in [-0.3, -0.25) is 9.36 Å². The molecular weight excluding hydrogens is 464 g/mol. The van der Waals surface area contributed by atoms with E-state index in [1.54, 1.807) is 35.7 Å². The van der Waals surface area contributed by atoms with E-state index in [4.69, 9.17) is 27.4 Å². The van der Waals surface area contributed by atoms with Crippen molar-refractivity contribution in [3.63, 3.8) is 0 Å². The van der Waals surface area contributed by atoms with Crippen LogP contribution in [-0.2, 0) is 15.1 Å². The molecule has 0 spiro atoms. The fourth-order valence-electron chi connectivity index (χ4n) is 3.78. The average Bonchev–Trinajstić information content (AvgIpc) is 3.32. The lowest BCUT2D eigenvalue weighted by Gasteiger charge is -2.39. The van der Waals surface area contributed by atoms with Crippen molar-refractivity contribution < 1.29 is 18.3 Å². The highest BCUT2D eigenvalue weighted by molar-refractivity contribution is 7.80. The Morgan fingerprint density at radius 1 is 1.39 bits per heavy atom. The van der Waals surface area contributed by atoms with Gasteiger partial charge in [0.05, 0.1) is 23.7 Å². The molecule has 1 aliphatic carbocycles. The summed E-state index contributed by atoms with van der Waals surface area (Å²) in [7, 11) is 5.52. The molecular formula is C20H17F2N3O3S3. The molecule has 3 aliphatic rings. The van der Waals surface area contributed by atoms with Crippen LogP contribution in [0, 0.1) is 5.82 Å². The first-order valence-electron chi connectivity index (χ1n) is 8.97. The molecule has 0 bridgehead atoms. The van der Waals surface area contributed by atoms with Gasteiger partial charge >= 0.3 is 0 Å². The second kappa shape index (κ2) is 8.15. The zero-order chi connectivity index (χ0) is 22.3. The standard InChI is InChI=1S/C20H17F2N3O3S3/c1-27-13-6-7-15(20(9-13,28-2)11-4-3-5-12(21)8-11)24-14-10-30-31-17(14)16(18(24)26)25(22)19(23)29/h3-10,15H,1-2H3,(H2,23,29). The molecule has 0 saturated heterocycles. The number of halogens is 2. The van der Waals surface area contributed by atoms with E-state index in [0.29, 0.717) is 21.9 Å². The molecule has 4 rings (SSSR count). The number of rotatable bonds is 5. The molecule has 1 aromatic carbocycles. The summed E-state index contributed by atoms with van der Waals surface area (Å²) in [5.41, 5.74) is 4.21. The number of hydrogen-bond acceptors (Lipinski definition) is 6. The number of nitrogens with zero attached hydrogens (tertiary/aromatic N) is 2. The van der Waals surface area contributed by atoms with E-state index in [9.17, 15) is 13.7 Å². The van der Waals surface area contributed by atoms with Crippen LogP contribution in [0.15, 0.2) is 58.4 Å². The quantitative estimate of drug-likeness (QED) is 0.332. The number of thiocarbonyl (C=S) groups is 1. The molecule has 0 radical (unpaired) electrons. The zero-order valence-electron chi connectivity index (χ0n) is 16.4. The van der Waals surface area contributed by atoms with Gasteiger partial charge in [-0.05, 0) is 42.1 Å². The Bertz CT molecular complexity index is 1230. The topological polar surface area (TPSA) is 69.7 Å². The van der Waals surface area contributed by atoms with Crippen LogP contribution in [-0.4, -0.2) is 23.9 Å². The third-order valence-corrected chi connectivity index (χ3v) is 7.40. The van der Waals surface area contributed by atoms with Crippen LogP contribution in [0.3, 0.4) is 0 Å². The summed E-state index contributed by atoms with van der Waals surface area (Å²) in [5.74, 6) is 0.0123. The summed E-state index contributed by atoms with van der Waals surface area (Å²) < 4.78 is 41.6. The SMILES string of the molecule is COC1=CC(OC)(c2cccc(F)c2)C(n2c3cssc-3c(N(F)C(N)=S)c2=O)C=C1. The number of methoxy groups -OCH3 is 2. The number of allylic oxidation sites excluding steroid dienone is 1. The number of nitrogens with two attached hydrogens (primary N) is 1. The molecule has 31 heavy (non-hydrogen) atoms. The Hall–Kier alpha value is -2.60. The maximum absolute atomic E-state index is 14.7. The maximum atomic E-state index is 14.7. The second-order valence-corrected chi connectivity index (χ2v) is 9.22. The first kappa shape index (κ1) is 21.6. The molecule has 162 valence electrons. The Kier molecular flexibility index (Phi) is 5.69. The molecule has 11 heteroatoms. The van der Waals surface area contributed by atoms with Gasteiger partial charge in [0.25, 0.3) is 5.56 Å². The first-order valence-corrected chi connectivity index (χ1v) is 11.6. The van der Waals surface area contributed by atoms with Gasteiger partial charge in [-0.25, -0.2) is 4.39 Å². The van der Waals surface area contributed by atoms with Crippen LogP contribution in [0.4, 0.5) is 14.6 Å². The summed E-state index contributed by atoms with van der Waals surface area (Å²) in [6, 6.07) is 5.12. The Morgan fingerprint density at radius 2 is 2.16 bits per heavy atom. The van der Waals surface area contributed by atoms with E-state index in [0.717, 1.165) is 0 Å². The van der Waals surface area contributed by atoms with E-state index >= 15 is 0 Å². The number of fused-ring (bicyclic) bond motifs is 1. The van der Waals surface area contributed by atoms with Crippen LogP contribution in [0.5, 0.6) is 0 Å². The number of hydrogen-bond donors (Lipinski definition) is 1. The highest BCUT2D eigenvalue weighted by Crippen LogP contribution is 2.48. The van der Waals surface area contributed by atoms with Gasteiger partial charge in [0.1, 0.15) is 17.2 Å². The van der Waals surface area contributed by atoms with Crippen molar-refractivity contribution >= 4 is 43.7 Å². The lowest BCUT2D eigenvalue weighted by atomic mass is 9.82. The summed E-state index contributed by atoms with van der Waals surface area (Å²) in [5, 5.41) is 1.19. The monoisotopic (exact) mass is 481 g/mol. The van der Waals surface area contributed by atoms with Crippen LogP contribution in [0.1, 0.15) is 11.6 Å². The Balaban J connectivity index is 2.00. The summed E-state index contributed by atoms with van der Waals surface area (Å²) >= 11 is 4.73. The van der Waals surface area contributed by atoms with Crippen molar-refractivity contribution in [2.45, 2.75) is 11.6 Å². The molecule has 2 heterocycles. The third kappa shape index (κ3) is 3.37. The average molecular weight is 482 g/mol. The first-order chi connectivity index (χ1) is 14.8. The number of aromatic nitrogens is 1. The fourth-order valence-corrected chi connectivity index (χ4v) is 6.10. The summed E-state index contributed by atoms with van der Waals surface area (Å²) in [4.78, 5) is 13.8. The maximum Gasteiger partial charge on any atom is 0.280 e. The summed E-state index contributed by atoms with van der Waals surface area (Å²) in [6.45, 7) is 0. The minimum atomic E-state index is -1.30. The molecule has 0 fully saturated rings. The van der Waals surface area contributed by atoms with Gasteiger partial charge in [-0.15, -0.1) is 5.12 Å². The minimum absolute atomic E-state index is 0.0132. The molecule has 2 aliphatic heterocycles. The van der Waals surface area contributed by atoms with Crippen molar-refractivity contribution in [2.75, 3.05) is 19.3 Å². The Morgan fingerprint density at radius 3 is 2.81 bits per heavy atom. The predicted molar refractivity (Wildman–Crippen MR) is 122 cm³/mol. The molecule has 0 aromatic heterocycles. The van der Waals surface area contributed by atoms with Crippen molar-refractivity contribution in [3.8, 4) is 10.6 Å². The Labute approximate surface area is 189 Å². The minimum Gasteiger partial charge on any atom is -0.497 e. The van der Waals surface area contributed by atoms with Crippen molar-refractivity contribution in [1.82, 2.24) is 4.57 Å². The fraction of sp³-hybridized carbons (Fsp3) is 0.200. The van der Waals surface area contributed by atoms with Crippen LogP contribution < -0.4 is 16.4 Å². The van der Waals surface area contributed by atoms with Crippen LogP contribution >= 0.6 is 32.9 Å². The van der Waals surface area contributed by atoms with Crippen LogP contribution in [0.2, 0.25) is 0 Å². The molecule has 1 aromatic rings.